The zero-order valence-electron chi connectivity index (χ0n) is 8.32. The summed E-state index contributed by atoms with van der Waals surface area (Å²) in [7, 11) is 1.26. The number of esters is 1. The van der Waals surface area contributed by atoms with Crippen molar-refractivity contribution in [1.82, 2.24) is 9.97 Å². The first-order valence-electron chi connectivity index (χ1n) is 4.14. The van der Waals surface area contributed by atoms with Gasteiger partial charge in [0.1, 0.15) is 5.82 Å². The van der Waals surface area contributed by atoms with Crippen LogP contribution >= 0.6 is 11.6 Å². The number of allylic oxidation sites excluding steroid dienone is 1. The summed E-state index contributed by atoms with van der Waals surface area (Å²) in [6.45, 7) is 1.79. The quantitative estimate of drug-likeness (QED) is 0.612. The van der Waals surface area contributed by atoms with E-state index in [0.717, 1.165) is 0 Å². The molecule has 0 fully saturated rings. The van der Waals surface area contributed by atoms with E-state index < -0.39 is 5.97 Å². The molecule has 80 valence electrons. The Morgan fingerprint density at radius 2 is 2.20 bits per heavy atom. The van der Waals surface area contributed by atoms with Crippen LogP contribution in [0.2, 0.25) is 5.28 Å². The van der Waals surface area contributed by atoms with Gasteiger partial charge in [-0.25, -0.2) is 14.8 Å². The van der Waals surface area contributed by atoms with E-state index in [9.17, 15) is 4.79 Å². The molecule has 0 amide bonds. The summed E-state index contributed by atoms with van der Waals surface area (Å²) in [5, 5.41) is -0.0823. The number of nitrogen functional groups attached to an aromatic ring is 1. The van der Waals surface area contributed by atoms with Gasteiger partial charge < -0.3 is 10.5 Å². The zero-order valence-corrected chi connectivity index (χ0v) is 9.08. The summed E-state index contributed by atoms with van der Waals surface area (Å²) in [6.07, 6.45) is 3.34. The molecule has 0 aliphatic carbocycles. The maximum Gasteiger partial charge on any atom is 0.357 e. The van der Waals surface area contributed by atoms with Crippen LogP contribution < -0.4 is 5.73 Å². The average molecular weight is 228 g/mol. The molecule has 0 bridgehead atoms. The Balaban J connectivity index is 3.39. The van der Waals surface area contributed by atoms with Crippen molar-refractivity contribution in [3.8, 4) is 0 Å². The summed E-state index contributed by atoms with van der Waals surface area (Å²) in [4.78, 5) is 18.9. The Hall–Kier alpha value is -1.62. The van der Waals surface area contributed by atoms with Crippen LogP contribution in [0.5, 0.6) is 0 Å². The number of nitrogens with two attached hydrogens (primary N) is 1. The van der Waals surface area contributed by atoms with Crippen molar-refractivity contribution >= 4 is 29.5 Å². The highest BCUT2D eigenvalue weighted by Crippen LogP contribution is 2.18. The number of ether oxygens (including phenoxy) is 1. The number of anilines is 1. The molecule has 0 unspecified atom stereocenters. The third kappa shape index (κ3) is 2.44. The molecule has 0 aromatic carbocycles. The van der Waals surface area contributed by atoms with E-state index in [1.165, 1.54) is 7.11 Å². The lowest BCUT2D eigenvalue weighted by Crippen LogP contribution is -2.10. The highest BCUT2D eigenvalue weighted by molar-refractivity contribution is 6.28. The molecule has 6 heteroatoms. The third-order valence-electron chi connectivity index (χ3n) is 1.66. The van der Waals surface area contributed by atoms with Gasteiger partial charge in [0.05, 0.1) is 7.11 Å². The molecule has 2 N–H and O–H groups in total. The molecule has 0 aliphatic heterocycles. The first-order valence-corrected chi connectivity index (χ1v) is 4.52. The van der Waals surface area contributed by atoms with Crippen molar-refractivity contribution in [3.63, 3.8) is 0 Å². The fraction of sp³-hybridized carbons (Fsp3) is 0.222. The number of hydrogen-bond donors (Lipinski definition) is 1. The molecule has 15 heavy (non-hydrogen) atoms. The normalized spacial score (nSPS) is 10.6. The van der Waals surface area contributed by atoms with Crippen LogP contribution in [0.3, 0.4) is 0 Å². The topological polar surface area (TPSA) is 78.1 Å². The standard InChI is InChI=1S/C9H10ClN3O2/c1-3-4-5-6(8(14)15-2)12-9(10)13-7(5)11/h3-4H,1-2H3,(H2,11,12,13)/b4-3-. The Kier molecular flexibility index (Phi) is 3.62. The van der Waals surface area contributed by atoms with Crippen molar-refractivity contribution in [3.05, 3.63) is 22.6 Å². The second kappa shape index (κ2) is 4.75. The molecule has 1 heterocycles. The Bertz CT molecular complexity index is 418. The minimum absolute atomic E-state index is 0.0631. The molecule has 1 aromatic rings. The fourth-order valence-corrected chi connectivity index (χ4v) is 1.22. The van der Waals surface area contributed by atoms with Crippen LogP contribution in [0, 0.1) is 0 Å². The van der Waals surface area contributed by atoms with Crippen molar-refractivity contribution in [1.29, 1.82) is 0 Å². The van der Waals surface area contributed by atoms with Gasteiger partial charge in [-0.2, -0.15) is 0 Å². The largest absolute Gasteiger partial charge is 0.464 e. The predicted octanol–water partition coefficient (Wildman–Crippen LogP) is 1.53. The van der Waals surface area contributed by atoms with Crippen LogP contribution in [0.25, 0.3) is 6.08 Å². The molecule has 0 saturated heterocycles. The maximum absolute atomic E-state index is 11.4. The number of halogens is 1. The second-order valence-corrected chi connectivity index (χ2v) is 2.97. The summed E-state index contributed by atoms with van der Waals surface area (Å²) < 4.78 is 4.56. The van der Waals surface area contributed by atoms with Crippen molar-refractivity contribution in [2.75, 3.05) is 12.8 Å². The molecule has 0 aliphatic rings. The van der Waals surface area contributed by atoms with Gasteiger partial charge in [-0.15, -0.1) is 0 Å². The number of carbonyl (C=O) groups excluding carboxylic acids is 1. The molecular weight excluding hydrogens is 218 g/mol. The van der Waals surface area contributed by atoms with Crippen molar-refractivity contribution in [2.24, 2.45) is 0 Å². The van der Waals surface area contributed by atoms with E-state index >= 15 is 0 Å². The molecule has 1 aromatic heterocycles. The van der Waals surface area contributed by atoms with E-state index in [1.54, 1.807) is 19.1 Å². The summed E-state index contributed by atoms with van der Waals surface area (Å²) in [6, 6.07) is 0. The van der Waals surface area contributed by atoms with E-state index in [-0.39, 0.29) is 16.8 Å². The van der Waals surface area contributed by atoms with Crippen LogP contribution in [0.4, 0.5) is 5.82 Å². The van der Waals surface area contributed by atoms with Crippen LogP contribution in [0.15, 0.2) is 6.08 Å². The monoisotopic (exact) mass is 227 g/mol. The lowest BCUT2D eigenvalue weighted by molar-refractivity contribution is 0.0593. The Labute approximate surface area is 91.9 Å². The first-order chi connectivity index (χ1) is 7.10. The number of rotatable bonds is 2. The smallest absolute Gasteiger partial charge is 0.357 e. The Morgan fingerprint density at radius 1 is 1.53 bits per heavy atom. The lowest BCUT2D eigenvalue weighted by Gasteiger charge is -2.05. The molecule has 0 saturated carbocycles. The van der Waals surface area contributed by atoms with Crippen LogP contribution in [-0.2, 0) is 4.74 Å². The number of carbonyl (C=O) groups is 1. The molecular formula is C9H10ClN3O2. The van der Waals surface area contributed by atoms with Gasteiger partial charge in [0.15, 0.2) is 5.69 Å². The molecule has 0 atom stereocenters. The first kappa shape index (κ1) is 11.5. The fourth-order valence-electron chi connectivity index (χ4n) is 1.04. The molecule has 0 spiro atoms. The lowest BCUT2D eigenvalue weighted by atomic mass is 10.2. The maximum atomic E-state index is 11.4. The summed E-state index contributed by atoms with van der Waals surface area (Å²) in [5.74, 6) is -0.451. The number of aromatic nitrogens is 2. The van der Waals surface area contributed by atoms with Crippen LogP contribution in [0.1, 0.15) is 23.0 Å². The van der Waals surface area contributed by atoms with Gasteiger partial charge in [0.2, 0.25) is 5.28 Å². The van der Waals surface area contributed by atoms with Crippen molar-refractivity contribution in [2.45, 2.75) is 6.92 Å². The van der Waals surface area contributed by atoms with Crippen LogP contribution in [-0.4, -0.2) is 23.0 Å². The van der Waals surface area contributed by atoms with Gasteiger partial charge in [-0.3, -0.25) is 0 Å². The van der Waals surface area contributed by atoms with Gasteiger partial charge in [0, 0.05) is 5.56 Å². The van der Waals surface area contributed by atoms with E-state index in [1.807, 2.05) is 0 Å². The van der Waals surface area contributed by atoms with E-state index in [2.05, 4.69) is 14.7 Å². The third-order valence-corrected chi connectivity index (χ3v) is 1.83. The van der Waals surface area contributed by atoms with Gasteiger partial charge in [-0.05, 0) is 18.5 Å². The van der Waals surface area contributed by atoms with E-state index in [4.69, 9.17) is 17.3 Å². The summed E-state index contributed by atoms with van der Waals surface area (Å²) >= 11 is 5.59. The predicted molar refractivity (Wildman–Crippen MR) is 57.5 cm³/mol. The number of nitrogens with zero attached hydrogens (tertiary/aromatic N) is 2. The summed E-state index contributed by atoms with van der Waals surface area (Å²) in [5.41, 5.74) is 6.08. The number of hydrogen-bond acceptors (Lipinski definition) is 5. The highest BCUT2D eigenvalue weighted by atomic mass is 35.5. The number of methoxy groups -OCH3 is 1. The van der Waals surface area contributed by atoms with Gasteiger partial charge in [0.25, 0.3) is 0 Å². The average Bonchev–Trinajstić information content (AvgIpc) is 2.20. The molecule has 5 nitrogen and oxygen atoms in total. The van der Waals surface area contributed by atoms with Gasteiger partial charge in [-0.1, -0.05) is 12.2 Å². The zero-order chi connectivity index (χ0) is 11.4. The molecule has 0 radical (unpaired) electrons. The Morgan fingerprint density at radius 3 is 2.73 bits per heavy atom. The minimum Gasteiger partial charge on any atom is -0.464 e. The highest BCUT2D eigenvalue weighted by Gasteiger charge is 2.16. The minimum atomic E-state index is -0.598. The van der Waals surface area contributed by atoms with Gasteiger partial charge >= 0.3 is 5.97 Å². The SMILES string of the molecule is C/C=C\c1c(N)nc(Cl)nc1C(=O)OC. The van der Waals surface area contributed by atoms with Crippen molar-refractivity contribution < 1.29 is 9.53 Å². The molecule has 1 rings (SSSR count). The second-order valence-electron chi connectivity index (χ2n) is 2.63. The van der Waals surface area contributed by atoms with E-state index in [0.29, 0.717) is 5.56 Å².